The van der Waals surface area contributed by atoms with Crippen molar-refractivity contribution in [3.8, 4) is 11.5 Å². The Morgan fingerprint density at radius 3 is 2.13 bits per heavy atom. The Labute approximate surface area is 179 Å². The second-order valence-corrected chi connectivity index (χ2v) is 9.07. The van der Waals surface area contributed by atoms with Crippen LogP contribution < -0.4 is 19.1 Å². The lowest BCUT2D eigenvalue weighted by Crippen LogP contribution is -2.52. The number of aryl methyl sites for hydroxylation is 1. The number of ether oxygens (including phenoxy) is 2. The van der Waals surface area contributed by atoms with Crippen molar-refractivity contribution in [2.75, 3.05) is 24.3 Å². The van der Waals surface area contributed by atoms with Crippen LogP contribution in [0.4, 0.5) is 5.69 Å². The van der Waals surface area contributed by atoms with E-state index in [1.165, 1.54) is 4.31 Å². The summed E-state index contributed by atoms with van der Waals surface area (Å²) < 4.78 is 37.0. The second kappa shape index (κ2) is 10.3. The highest BCUT2D eigenvalue weighted by atomic mass is 32.2. The topological polar surface area (TPSA) is 84.9 Å². The van der Waals surface area contributed by atoms with Gasteiger partial charge in [-0.05, 0) is 56.7 Å². The van der Waals surface area contributed by atoms with Crippen LogP contribution in [-0.2, 0) is 14.8 Å². The van der Waals surface area contributed by atoms with E-state index in [9.17, 15) is 13.2 Å². The predicted molar refractivity (Wildman–Crippen MR) is 119 cm³/mol. The van der Waals surface area contributed by atoms with Gasteiger partial charge in [0.15, 0.2) is 0 Å². The summed E-state index contributed by atoms with van der Waals surface area (Å²) in [7, 11) is -2.06. The van der Waals surface area contributed by atoms with Crippen LogP contribution in [0.2, 0.25) is 0 Å². The zero-order chi connectivity index (χ0) is 22.3. The molecule has 0 aromatic heterocycles. The number of carbonyl (C=O) groups is 1. The van der Waals surface area contributed by atoms with Crippen LogP contribution in [0, 0.1) is 6.92 Å². The molecule has 2 rings (SSSR count). The molecule has 7 nitrogen and oxygen atoms in total. The van der Waals surface area contributed by atoms with Gasteiger partial charge < -0.3 is 14.8 Å². The Morgan fingerprint density at radius 2 is 1.63 bits per heavy atom. The van der Waals surface area contributed by atoms with Gasteiger partial charge in [0.2, 0.25) is 15.9 Å². The highest BCUT2D eigenvalue weighted by molar-refractivity contribution is 7.92. The van der Waals surface area contributed by atoms with Crippen LogP contribution in [0.15, 0.2) is 48.5 Å². The lowest BCUT2D eigenvalue weighted by atomic mass is 10.1. The van der Waals surface area contributed by atoms with Gasteiger partial charge in [-0.3, -0.25) is 9.10 Å². The van der Waals surface area contributed by atoms with Crippen LogP contribution in [0.5, 0.6) is 11.5 Å². The monoisotopic (exact) mass is 434 g/mol. The molecule has 0 bridgehead atoms. The molecule has 0 saturated carbocycles. The van der Waals surface area contributed by atoms with E-state index in [0.29, 0.717) is 17.9 Å². The summed E-state index contributed by atoms with van der Waals surface area (Å²) in [6, 6.07) is 13.0. The number of amides is 1. The zero-order valence-corrected chi connectivity index (χ0v) is 18.9. The van der Waals surface area contributed by atoms with Crippen molar-refractivity contribution in [2.24, 2.45) is 0 Å². The third-order valence-electron chi connectivity index (χ3n) is 4.57. The van der Waals surface area contributed by atoms with Crippen molar-refractivity contribution >= 4 is 21.6 Å². The molecule has 0 saturated heterocycles. The summed E-state index contributed by atoms with van der Waals surface area (Å²) in [4.78, 5) is 12.9. The number of methoxy groups -OCH3 is 1. The highest BCUT2D eigenvalue weighted by Crippen LogP contribution is 2.23. The van der Waals surface area contributed by atoms with E-state index in [-0.39, 0.29) is 18.6 Å². The molecule has 0 radical (unpaired) electrons. The molecule has 164 valence electrons. The van der Waals surface area contributed by atoms with Crippen molar-refractivity contribution in [3.63, 3.8) is 0 Å². The molecule has 2 aromatic rings. The SMILES string of the molecule is CC[C@H](C(=O)N[C@H](C)COc1ccc(OC)cc1)N(c1ccc(C)cc1)S(C)(=O)=O. The molecule has 0 unspecified atom stereocenters. The van der Waals surface area contributed by atoms with Gasteiger partial charge in [0, 0.05) is 0 Å². The number of rotatable bonds is 10. The Bertz CT molecular complexity index is 927. The molecular weight excluding hydrogens is 404 g/mol. The van der Waals surface area contributed by atoms with E-state index in [0.717, 1.165) is 17.6 Å². The minimum absolute atomic E-state index is 0.248. The molecular formula is C22H30N2O5S. The second-order valence-electron chi connectivity index (χ2n) is 7.21. The van der Waals surface area contributed by atoms with Crippen LogP contribution in [0.25, 0.3) is 0 Å². The molecule has 1 amide bonds. The minimum Gasteiger partial charge on any atom is -0.497 e. The third-order valence-corrected chi connectivity index (χ3v) is 5.75. The number of sulfonamides is 1. The maximum Gasteiger partial charge on any atom is 0.244 e. The molecule has 2 atom stereocenters. The number of nitrogens with one attached hydrogen (secondary N) is 1. The smallest absolute Gasteiger partial charge is 0.244 e. The van der Waals surface area contributed by atoms with E-state index in [1.807, 2.05) is 26.0 Å². The van der Waals surface area contributed by atoms with E-state index in [2.05, 4.69) is 5.32 Å². The standard InChI is InChI=1S/C22H30N2O5S/c1-6-21(24(30(5,26)27)18-9-7-16(2)8-10-18)22(25)23-17(3)15-29-20-13-11-19(28-4)12-14-20/h7-14,17,21H,6,15H2,1-5H3,(H,23,25)/t17-,21-/m1/s1. The van der Waals surface area contributed by atoms with Gasteiger partial charge in [0.1, 0.15) is 24.1 Å². The molecule has 0 heterocycles. The Balaban J connectivity index is 2.07. The van der Waals surface area contributed by atoms with E-state index in [4.69, 9.17) is 9.47 Å². The van der Waals surface area contributed by atoms with E-state index in [1.54, 1.807) is 50.4 Å². The number of hydrogen-bond donors (Lipinski definition) is 1. The number of nitrogens with zero attached hydrogens (tertiary/aromatic N) is 1. The molecule has 0 aliphatic rings. The number of hydrogen-bond acceptors (Lipinski definition) is 5. The number of anilines is 1. The average Bonchev–Trinajstić information content (AvgIpc) is 2.70. The van der Waals surface area contributed by atoms with Crippen LogP contribution >= 0.6 is 0 Å². The fourth-order valence-corrected chi connectivity index (χ4v) is 4.24. The summed E-state index contributed by atoms with van der Waals surface area (Å²) in [6.07, 6.45) is 1.44. The Hall–Kier alpha value is -2.74. The maximum atomic E-state index is 12.9. The van der Waals surface area contributed by atoms with Crippen LogP contribution in [0.1, 0.15) is 25.8 Å². The summed E-state index contributed by atoms with van der Waals surface area (Å²) in [5.41, 5.74) is 1.47. The van der Waals surface area contributed by atoms with Crippen molar-refractivity contribution < 1.29 is 22.7 Å². The Morgan fingerprint density at radius 1 is 1.07 bits per heavy atom. The van der Waals surface area contributed by atoms with Gasteiger partial charge >= 0.3 is 0 Å². The van der Waals surface area contributed by atoms with E-state index < -0.39 is 16.1 Å². The summed E-state index contributed by atoms with van der Waals surface area (Å²) in [5.74, 6) is 1.02. The average molecular weight is 435 g/mol. The molecule has 30 heavy (non-hydrogen) atoms. The van der Waals surface area contributed by atoms with Gasteiger partial charge in [-0.2, -0.15) is 0 Å². The van der Waals surface area contributed by atoms with Crippen LogP contribution in [-0.4, -0.2) is 46.4 Å². The summed E-state index contributed by atoms with van der Waals surface area (Å²) in [6.45, 7) is 5.76. The predicted octanol–water partition coefficient (Wildman–Crippen LogP) is 3.13. The normalized spacial score (nSPS) is 13.2. The molecule has 8 heteroatoms. The first-order valence-corrected chi connectivity index (χ1v) is 11.6. The fraction of sp³-hybridized carbons (Fsp3) is 0.409. The highest BCUT2D eigenvalue weighted by Gasteiger charge is 2.32. The lowest BCUT2D eigenvalue weighted by Gasteiger charge is -2.31. The lowest BCUT2D eigenvalue weighted by molar-refractivity contribution is -0.123. The molecule has 0 aliphatic carbocycles. The van der Waals surface area contributed by atoms with Gasteiger partial charge in [0.05, 0.1) is 25.1 Å². The zero-order valence-electron chi connectivity index (χ0n) is 18.1. The molecule has 0 fully saturated rings. The molecule has 0 spiro atoms. The van der Waals surface area contributed by atoms with Crippen LogP contribution in [0.3, 0.4) is 0 Å². The van der Waals surface area contributed by atoms with Crippen molar-refractivity contribution in [1.82, 2.24) is 5.32 Å². The molecule has 0 aliphatic heterocycles. The van der Waals surface area contributed by atoms with Gasteiger partial charge in [-0.15, -0.1) is 0 Å². The molecule has 1 N–H and O–H groups in total. The van der Waals surface area contributed by atoms with Gasteiger partial charge in [-0.25, -0.2) is 8.42 Å². The van der Waals surface area contributed by atoms with Gasteiger partial charge in [0.25, 0.3) is 0 Å². The number of carbonyl (C=O) groups excluding carboxylic acids is 1. The van der Waals surface area contributed by atoms with Crippen molar-refractivity contribution in [2.45, 2.75) is 39.3 Å². The first kappa shape index (κ1) is 23.5. The largest absolute Gasteiger partial charge is 0.497 e. The minimum atomic E-state index is -3.66. The van der Waals surface area contributed by atoms with E-state index >= 15 is 0 Å². The quantitative estimate of drug-likeness (QED) is 0.621. The first-order valence-electron chi connectivity index (χ1n) is 9.79. The fourth-order valence-electron chi connectivity index (χ4n) is 3.03. The molecule has 2 aromatic carbocycles. The maximum absolute atomic E-state index is 12.9. The Kier molecular flexibility index (Phi) is 8.11. The summed E-state index contributed by atoms with van der Waals surface area (Å²) in [5, 5.41) is 2.86. The first-order chi connectivity index (χ1) is 14.2. The summed E-state index contributed by atoms with van der Waals surface area (Å²) >= 11 is 0. The van der Waals surface area contributed by atoms with Gasteiger partial charge in [-0.1, -0.05) is 24.6 Å². The third kappa shape index (κ3) is 6.38. The number of benzene rings is 2. The van der Waals surface area contributed by atoms with Crippen molar-refractivity contribution in [1.29, 1.82) is 0 Å². The van der Waals surface area contributed by atoms with Crippen molar-refractivity contribution in [3.05, 3.63) is 54.1 Å².